The molecule has 0 radical (unpaired) electrons. The number of rotatable bonds is 2. The molecular formula is C12H18N4O. The molecule has 1 fully saturated rings. The lowest BCUT2D eigenvalue weighted by Crippen LogP contribution is -2.42. The van der Waals surface area contributed by atoms with E-state index in [2.05, 4.69) is 20.8 Å². The normalized spacial score (nSPS) is 27.8. The Balaban J connectivity index is 1.68. The summed E-state index contributed by atoms with van der Waals surface area (Å²) in [7, 11) is 0. The molecule has 3 N–H and O–H groups in total. The lowest BCUT2D eigenvalue weighted by Gasteiger charge is -2.24. The number of H-pyrrole nitrogens is 1. The highest BCUT2D eigenvalue weighted by molar-refractivity contribution is 5.82. The molecule has 2 atom stereocenters. The van der Waals surface area contributed by atoms with E-state index in [9.17, 15) is 4.79 Å². The van der Waals surface area contributed by atoms with E-state index in [1.165, 1.54) is 5.56 Å². The number of nitrogens with zero attached hydrogens (tertiary/aromatic N) is 1. The first kappa shape index (κ1) is 10.8. The highest BCUT2D eigenvalue weighted by atomic mass is 16.2. The molecule has 3 rings (SSSR count). The number of hydrogen-bond donors (Lipinski definition) is 3. The largest absolute Gasteiger partial charge is 0.346 e. The number of nitrogens with one attached hydrogen (secondary N) is 3. The molecule has 2 aliphatic rings. The average Bonchev–Trinajstić information content (AvgIpc) is 3.00. The average molecular weight is 234 g/mol. The Labute approximate surface area is 100 Å². The van der Waals surface area contributed by atoms with Crippen molar-refractivity contribution < 1.29 is 4.79 Å². The molecular weight excluding hydrogens is 216 g/mol. The Morgan fingerprint density at radius 3 is 3.18 bits per heavy atom. The molecule has 17 heavy (non-hydrogen) atoms. The summed E-state index contributed by atoms with van der Waals surface area (Å²) in [5, 5.41) is 13.4. The van der Waals surface area contributed by atoms with Gasteiger partial charge in [0.15, 0.2) is 0 Å². The summed E-state index contributed by atoms with van der Waals surface area (Å²) in [6.07, 6.45) is 7.12. The zero-order valence-electron chi connectivity index (χ0n) is 9.83. The number of fused-ring (bicyclic) bond motifs is 1. The van der Waals surface area contributed by atoms with Crippen LogP contribution in [0.2, 0.25) is 0 Å². The second-order valence-corrected chi connectivity index (χ2v) is 4.91. The van der Waals surface area contributed by atoms with E-state index in [-0.39, 0.29) is 18.0 Å². The van der Waals surface area contributed by atoms with Gasteiger partial charge in [0.2, 0.25) is 5.91 Å². The van der Waals surface area contributed by atoms with Crippen LogP contribution in [-0.4, -0.2) is 28.7 Å². The third-order valence-corrected chi connectivity index (χ3v) is 3.73. The Bertz CT molecular complexity index is 408. The van der Waals surface area contributed by atoms with Crippen LogP contribution < -0.4 is 10.6 Å². The summed E-state index contributed by atoms with van der Waals surface area (Å²) >= 11 is 0. The summed E-state index contributed by atoms with van der Waals surface area (Å²) in [5.74, 6) is 0.134. The maximum atomic E-state index is 12.0. The molecule has 1 amide bonds. The van der Waals surface area contributed by atoms with E-state index in [0.29, 0.717) is 0 Å². The predicted molar refractivity (Wildman–Crippen MR) is 63.4 cm³/mol. The van der Waals surface area contributed by atoms with Crippen LogP contribution in [0, 0.1) is 0 Å². The van der Waals surface area contributed by atoms with Gasteiger partial charge in [-0.05, 0) is 44.2 Å². The van der Waals surface area contributed by atoms with E-state index in [1.54, 1.807) is 0 Å². The van der Waals surface area contributed by atoms with Crippen molar-refractivity contribution in [1.29, 1.82) is 0 Å². The van der Waals surface area contributed by atoms with Gasteiger partial charge in [-0.1, -0.05) is 0 Å². The van der Waals surface area contributed by atoms with Crippen LogP contribution in [0.15, 0.2) is 6.20 Å². The standard InChI is InChI=1S/C12H18N4O/c17-12(10-5-2-6-13-10)15-9-4-1-3-8-7-14-16-11(8)9/h7,9-10,13H,1-6H2,(H,14,16)(H,15,17). The number of amides is 1. The zero-order valence-corrected chi connectivity index (χ0v) is 9.83. The van der Waals surface area contributed by atoms with Gasteiger partial charge in [0.25, 0.3) is 0 Å². The Morgan fingerprint density at radius 2 is 2.35 bits per heavy atom. The third kappa shape index (κ3) is 2.07. The summed E-state index contributed by atoms with van der Waals surface area (Å²) < 4.78 is 0. The minimum absolute atomic E-state index is 0.00305. The van der Waals surface area contributed by atoms with Gasteiger partial charge < -0.3 is 10.6 Å². The second-order valence-electron chi connectivity index (χ2n) is 4.91. The van der Waals surface area contributed by atoms with Crippen LogP contribution in [0.1, 0.15) is 43.0 Å². The van der Waals surface area contributed by atoms with Gasteiger partial charge in [0.1, 0.15) is 0 Å². The van der Waals surface area contributed by atoms with Crippen LogP contribution >= 0.6 is 0 Å². The highest BCUT2D eigenvalue weighted by Crippen LogP contribution is 2.27. The molecule has 0 aromatic carbocycles. The minimum Gasteiger partial charge on any atom is -0.346 e. The van der Waals surface area contributed by atoms with Gasteiger partial charge in [-0.2, -0.15) is 5.10 Å². The van der Waals surface area contributed by atoms with Crippen molar-refractivity contribution in [2.24, 2.45) is 0 Å². The summed E-state index contributed by atoms with van der Waals surface area (Å²) in [6, 6.07) is 0.124. The zero-order chi connectivity index (χ0) is 11.7. The minimum atomic E-state index is 0.00305. The highest BCUT2D eigenvalue weighted by Gasteiger charge is 2.28. The topological polar surface area (TPSA) is 69.8 Å². The molecule has 0 spiro atoms. The first-order chi connectivity index (χ1) is 8.34. The molecule has 2 heterocycles. The quantitative estimate of drug-likeness (QED) is 0.704. The van der Waals surface area contributed by atoms with E-state index >= 15 is 0 Å². The van der Waals surface area contributed by atoms with E-state index in [0.717, 1.165) is 44.3 Å². The van der Waals surface area contributed by atoms with Gasteiger partial charge >= 0.3 is 0 Å². The van der Waals surface area contributed by atoms with Crippen molar-refractivity contribution in [2.45, 2.75) is 44.2 Å². The van der Waals surface area contributed by atoms with Gasteiger partial charge in [-0.15, -0.1) is 0 Å². The molecule has 5 heteroatoms. The van der Waals surface area contributed by atoms with E-state index in [4.69, 9.17) is 0 Å². The Morgan fingerprint density at radius 1 is 1.41 bits per heavy atom. The van der Waals surface area contributed by atoms with Crippen LogP contribution in [0.25, 0.3) is 0 Å². The molecule has 0 saturated carbocycles. The fraction of sp³-hybridized carbons (Fsp3) is 0.667. The first-order valence-electron chi connectivity index (χ1n) is 6.40. The van der Waals surface area contributed by atoms with Crippen LogP contribution in [0.3, 0.4) is 0 Å². The number of carbonyl (C=O) groups excluding carboxylic acids is 1. The number of aromatic nitrogens is 2. The molecule has 92 valence electrons. The maximum Gasteiger partial charge on any atom is 0.237 e. The molecule has 0 bridgehead atoms. The predicted octanol–water partition coefficient (Wildman–Crippen LogP) is 0.655. The second kappa shape index (κ2) is 4.49. The number of hydrogen-bond acceptors (Lipinski definition) is 3. The lowest BCUT2D eigenvalue weighted by molar-refractivity contribution is -0.123. The van der Waals surface area contributed by atoms with Gasteiger partial charge in [-0.25, -0.2) is 0 Å². The maximum absolute atomic E-state index is 12.0. The van der Waals surface area contributed by atoms with Crippen molar-refractivity contribution in [3.63, 3.8) is 0 Å². The first-order valence-corrected chi connectivity index (χ1v) is 6.40. The Kier molecular flexibility index (Phi) is 2.84. The van der Waals surface area contributed by atoms with E-state index < -0.39 is 0 Å². The number of aryl methyl sites for hydroxylation is 1. The molecule has 5 nitrogen and oxygen atoms in total. The molecule has 1 aliphatic heterocycles. The summed E-state index contributed by atoms with van der Waals surface area (Å²) in [5.41, 5.74) is 2.35. The van der Waals surface area contributed by atoms with Gasteiger partial charge in [0.05, 0.1) is 24.0 Å². The van der Waals surface area contributed by atoms with Crippen molar-refractivity contribution in [1.82, 2.24) is 20.8 Å². The molecule has 1 saturated heterocycles. The smallest absolute Gasteiger partial charge is 0.237 e. The SMILES string of the molecule is O=C(NC1CCCc2cn[nH]c21)C1CCCN1. The van der Waals surface area contributed by atoms with Crippen LogP contribution in [0.4, 0.5) is 0 Å². The van der Waals surface area contributed by atoms with Crippen molar-refractivity contribution in [3.8, 4) is 0 Å². The molecule has 2 unspecified atom stereocenters. The Hall–Kier alpha value is -1.36. The van der Waals surface area contributed by atoms with Crippen molar-refractivity contribution >= 4 is 5.91 Å². The summed E-state index contributed by atoms with van der Waals surface area (Å²) in [6.45, 7) is 0.956. The van der Waals surface area contributed by atoms with Gasteiger partial charge in [-0.3, -0.25) is 9.89 Å². The lowest BCUT2D eigenvalue weighted by atomic mass is 9.93. The molecule has 1 aromatic heterocycles. The number of aromatic amines is 1. The van der Waals surface area contributed by atoms with Crippen molar-refractivity contribution in [3.05, 3.63) is 17.5 Å². The van der Waals surface area contributed by atoms with Crippen LogP contribution in [-0.2, 0) is 11.2 Å². The van der Waals surface area contributed by atoms with Crippen molar-refractivity contribution in [2.75, 3.05) is 6.54 Å². The fourth-order valence-corrected chi connectivity index (χ4v) is 2.79. The van der Waals surface area contributed by atoms with E-state index in [1.807, 2.05) is 6.20 Å². The molecule has 1 aromatic rings. The fourth-order valence-electron chi connectivity index (χ4n) is 2.79. The van der Waals surface area contributed by atoms with Gasteiger partial charge in [0, 0.05) is 0 Å². The summed E-state index contributed by atoms with van der Waals surface area (Å²) in [4.78, 5) is 12.0. The van der Waals surface area contributed by atoms with Crippen LogP contribution in [0.5, 0.6) is 0 Å². The third-order valence-electron chi connectivity index (χ3n) is 3.73. The molecule has 1 aliphatic carbocycles. The monoisotopic (exact) mass is 234 g/mol. The number of carbonyl (C=O) groups is 1.